The maximum atomic E-state index is 13.3. The number of nitrogens with one attached hydrogen (secondary N) is 2. The second kappa shape index (κ2) is 9.07. The van der Waals surface area contributed by atoms with Crippen LogP contribution in [0.25, 0.3) is 6.20 Å². The van der Waals surface area contributed by atoms with Gasteiger partial charge >= 0.3 is 6.09 Å². The maximum Gasteiger partial charge on any atom is 0.407 e. The zero-order valence-electron chi connectivity index (χ0n) is 20.1. The maximum absolute atomic E-state index is 13.3. The smallest absolute Gasteiger partial charge is 0.407 e. The predicted octanol–water partition coefficient (Wildman–Crippen LogP) is 2.44. The van der Waals surface area contributed by atoms with E-state index in [9.17, 15) is 14.4 Å². The molecule has 0 radical (unpaired) electrons. The van der Waals surface area contributed by atoms with Crippen molar-refractivity contribution in [3.05, 3.63) is 17.8 Å². The Morgan fingerprint density at radius 1 is 1.27 bits per heavy atom. The van der Waals surface area contributed by atoms with Gasteiger partial charge in [-0.25, -0.2) is 9.48 Å². The number of rotatable bonds is 9. The third-order valence-corrected chi connectivity index (χ3v) is 6.53. The number of fused-ring (bicyclic) bond motifs is 2. The van der Waals surface area contributed by atoms with Crippen molar-refractivity contribution in [3.8, 4) is 5.88 Å². The summed E-state index contributed by atoms with van der Waals surface area (Å²) in [6.07, 6.45) is 7.71. The van der Waals surface area contributed by atoms with E-state index in [1.807, 2.05) is 13.8 Å². The van der Waals surface area contributed by atoms with Gasteiger partial charge in [-0.2, -0.15) is 5.10 Å². The molecule has 3 rings (SSSR count). The molecule has 0 atom stereocenters. The lowest BCUT2D eigenvalue weighted by atomic mass is 9.83. The monoisotopic (exact) mass is 461 g/mol. The highest BCUT2D eigenvalue weighted by molar-refractivity contribution is 5.97. The van der Waals surface area contributed by atoms with Crippen LogP contribution in [0.4, 0.5) is 4.79 Å². The van der Waals surface area contributed by atoms with Crippen LogP contribution in [0.2, 0.25) is 0 Å². The molecule has 182 valence electrons. The lowest BCUT2D eigenvalue weighted by Gasteiger charge is -2.28. The Morgan fingerprint density at radius 3 is 2.48 bits per heavy atom. The summed E-state index contributed by atoms with van der Waals surface area (Å²) in [4.78, 5) is 36.8. The third-order valence-electron chi connectivity index (χ3n) is 6.53. The SMILES string of the molecule is COC(=O)NC(C)(C)C=Cn1ncc(C(=O)NC23CCC(C(N)=O)(CC2)C3)c1OCC(C)C. The molecular formula is C23H35N5O5. The van der Waals surface area contributed by atoms with Gasteiger partial charge in [0.15, 0.2) is 0 Å². The molecule has 1 aromatic rings. The first-order valence-electron chi connectivity index (χ1n) is 11.3. The topological polar surface area (TPSA) is 138 Å². The number of methoxy groups -OCH3 is 1. The highest BCUT2D eigenvalue weighted by Gasteiger charge is 2.58. The van der Waals surface area contributed by atoms with Gasteiger partial charge in [-0.05, 0) is 57.9 Å². The molecule has 10 nitrogen and oxygen atoms in total. The van der Waals surface area contributed by atoms with Gasteiger partial charge in [0.2, 0.25) is 11.8 Å². The number of amides is 3. The zero-order chi connectivity index (χ0) is 24.4. The first kappa shape index (κ1) is 24.6. The Kier molecular flexibility index (Phi) is 6.76. The van der Waals surface area contributed by atoms with Crippen LogP contribution in [-0.2, 0) is 9.53 Å². The number of aromatic nitrogens is 2. The van der Waals surface area contributed by atoms with Crippen molar-refractivity contribution in [3.63, 3.8) is 0 Å². The molecule has 10 heteroatoms. The lowest BCUT2D eigenvalue weighted by Crippen LogP contribution is -2.45. The van der Waals surface area contributed by atoms with Crippen LogP contribution in [-0.4, -0.2) is 52.5 Å². The summed E-state index contributed by atoms with van der Waals surface area (Å²) in [5, 5.41) is 10.2. The number of ether oxygens (including phenoxy) is 2. The fourth-order valence-corrected chi connectivity index (χ4v) is 4.63. The van der Waals surface area contributed by atoms with Crippen molar-refractivity contribution in [2.45, 2.75) is 70.9 Å². The van der Waals surface area contributed by atoms with E-state index in [1.54, 1.807) is 26.1 Å². The molecule has 1 aromatic heterocycles. The molecule has 0 aromatic carbocycles. The molecule has 33 heavy (non-hydrogen) atoms. The number of carbonyl (C=O) groups excluding carboxylic acids is 3. The van der Waals surface area contributed by atoms with E-state index in [0.717, 1.165) is 12.8 Å². The van der Waals surface area contributed by atoms with Gasteiger partial charge in [0, 0.05) is 11.7 Å². The van der Waals surface area contributed by atoms with Crippen LogP contribution in [0.15, 0.2) is 12.3 Å². The van der Waals surface area contributed by atoms with Gasteiger partial charge in [0.1, 0.15) is 5.56 Å². The molecule has 0 spiro atoms. The Labute approximate surface area is 194 Å². The van der Waals surface area contributed by atoms with Crippen LogP contribution in [0.5, 0.6) is 5.88 Å². The summed E-state index contributed by atoms with van der Waals surface area (Å²) < 4.78 is 12.1. The van der Waals surface area contributed by atoms with Crippen molar-refractivity contribution in [1.29, 1.82) is 0 Å². The summed E-state index contributed by atoms with van der Waals surface area (Å²) >= 11 is 0. The number of primary amides is 1. The van der Waals surface area contributed by atoms with Crippen LogP contribution >= 0.6 is 0 Å². The van der Waals surface area contributed by atoms with E-state index in [1.165, 1.54) is 18.0 Å². The Balaban J connectivity index is 1.81. The van der Waals surface area contributed by atoms with Crippen molar-refractivity contribution in [2.75, 3.05) is 13.7 Å². The van der Waals surface area contributed by atoms with E-state index in [4.69, 9.17) is 10.5 Å². The largest absolute Gasteiger partial charge is 0.477 e. The molecule has 0 unspecified atom stereocenters. The van der Waals surface area contributed by atoms with Crippen LogP contribution in [0, 0.1) is 11.3 Å². The molecule has 2 aliphatic carbocycles. The van der Waals surface area contributed by atoms with Crippen molar-refractivity contribution < 1.29 is 23.9 Å². The number of alkyl carbamates (subject to hydrolysis) is 1. The molecule has 0 aliphatic heterocycles. The zero-order valence-corrected chi connectivity index (χ0v) is 20.1. The second-order valence-electron chi connectivity index (χ2n) is 10.2. The van der Waals surface area contributed by atoms with Crippen LogP contribution < -0.4 is 21.1 Å². The summed E-state index contributed by atoms with van der Waals surface area (Å²) in [6.45, 7) is 8.03. The fourth-order valence-electron chi connectivity index (χ4n) is 4.63. The second-order valence-corrected chi connectivity index (χ2v) is 10.2. The molecule has 1 heterocycles. The van der Waals surface area contributed by atoms with Gasteiger partial charge in [-0.3, -0.25) is 9.59 Å². The molecule has 2 bridgehead atoms. The molecule has 2 fully saturated rings. The molecular weight excluding hydrogens is 426 g/mol. The summed E-state index contributed by atoms with van der Waals surface area (Å²) in [7, 11) is 1.30. The number of hydrogen-bond acceptors (Lipinski definition) is 6. The normalized spacial score (nSPS) is 24.3. The quantitative estimate of drug-likeness (QED) is 0.516. The van der Waals surface area contributed by atoms with Crippen LogP contribution in [0.1, 0.15) is 70.2 Å². The van der Waals surface area contributed by atoms with Crippen molar-refractivity contribution in [1.82, 2.24) is 20.4 Å². The van der Waals surface area contributed by atoms with Crippen molar-refractivity contribution in [2.24, 2.45) is 17.1 Å². The minimum absolute atomic E-state index is 0.241. The minimum Gasteiger partial charge on any atom is -0.477 e. The van der Waals surface area contributed by atoms with Gasteiger partial charge < -0.3 is 25.8 Å². The van der Waals surface area contributed by atoms with E-state index in [-0.39, 0.29) is 17.7 Å². The first-order chi connectivity index (χ1) is 15.4. The predicted molar refractivity (Wildman–Crippen MR) is 122 cm³/mol. The van der Waals surface area contributed by atoms with E-state index in [2.05, 4.69) is 20.5 Å². The summed E-state index contributed by atoms with van der Waals surface area (Å²) in [6, 6.07) is 0. The molecule has 0 saturated heterocycles. The molecule has 2 aliphatic rings. The van der Waals surface area contributed by atoms with E-state index >= 15 is 0 Å². The lowest BCUT2D eigenvalue weighted by molar-refractivity contribution is -0.127. The molecule has 4 N–H and O–H groups in total. The van der Waals surface area contributed by atoms with Gasteiger partial charge in [0.25, 0.3) is 5.91 Å². The Morgan fingerprint density at radius 2 is 1.94 bits per heavy atom. The van der Waals surface area contributed by atoms with Gasteiger partial charge in [-0.15, -0.1) is 0 Å². The number of hydrogen-bond donors (Lipinski definition) is 3. The average Bonchev–Trinajstić information content (AvgIpc) is 3.42. The Bertz CT molecular complexity index is 941. The highest BCUT2D eigenvalue weighted by Crippen LogP contribution is 2.56. The summed E-state index contributed by atoms with van der Waals surface area (Å²) in [5.74, 6) is -0.00859. The van der Waals surface area contributed by atoms with Crippen LogP contribution in [0.3, 0.4) is 0 Å². The number of nitrogens with two attached hydrogens (primary N) is 1. The fraction of sp³-hybridized carbons (Fsp3) is 0.652. The molecule has 2 saturated carbocycles. The minimum atomic E-state index is -0.721. The first-order valence-corrected chi connectivity index (χ1v) is 11.3. The van der Waals surface area contributed by atoms with E-state index < -0.39 is 22.6 Å². The number of carbonyl (C=O) groups is 3. The van der Waals surface area contributed by atoms with E-state index in [0.29, 0.717) is 37.3 Å². The van der Waals surface area contributed by atoms with Crippen molar-refractivity contribution >= 4 is 24.1 Å². The van der Waals surface area contributed by atoms with Gasteiger partial charge in [-0.1, -0.05) is 13.8 Å². The standard InChI is InChI=1S/C23H35N5O5/c1-15(2)13-33-18-16(12-25-28(18)11-10-21(3,4)27-20(31)32-5)17(29)26-23-8-6-22(14-23,7-9-23)19(24)30/h10-12,15H,6-9,13-14H2,1-5H3,(H2,24,30)(H,26,29)(H,27,31). The number of nitrogens with zero attached hydrogens (tertiary/aromatic N) is 2. The molecule has 3 amide bonds. The summed E-state index contributed by atoms with van der Waals surface area (Å²) in [5.41, 5.74) is 4.31. The average molecular weight is 462 g/mol. The third kappa shape index (κ3) is 5.31. The van der Waals surface area contributed by atoms with Gasteiger partial charge in [0.05, 0.1) is 30.9 Å². The Hall–Kier alpha value is -3.04. The highest BCUT2D eigenvalue weighted by atomic mass is 16.5.